The van der Waals surface area contributed by atoms with Gasteiger partial charge < -0.3 is 26.1 Å². The van der Waals surface area contributed by atoms with Gasteiger partial charge in [-0.15, -0.1) is 0 Å². The Morgan fingerprint density at radius 1 is 1.17 bits per heavy atom. The molecule has 1 fully saturated rings. The minimum Gasteiger partial charge on any atom is -0.388 e. The Kier molecular flexibility index (Phi) is 18.9. The molecule has 0 radical (unpaired) electrons. The number of amides is 1. The molecule has 0 unspecified atom stereocenters. The van der Waals surface area contributed by atoms with Gasteiger partial charge in [-0.3, -0.25) is 9.69 Å². The zero-order valence-electron chi connectivity index (χ0n) is 25.6. The molecule has 1 heterocycles. The third-order valence-corrected chi connectivity index (χ3v) is 6.56. The van der Waals surface area contributed by atoms with E-state index in [1.54, 1.807) is 0 Å². The molecule has 1 aliphatic carbocycles. The molecule has 1 amide bonds. The van der Waals surface area contributed by atoms with E-state index in [0.717, 1.165) is 91.6 Å². The van der Waals surface area contributed by atoms with Crippen LogP contribution in [-0.2, 0) is 9.59 Å². The number of halogens is 1. The van der Waals surface area contributed by atoms with E-state index in [1.807, 2.05) is 65.1 Å². The van der Waals surface area contributed by atoms with Gasteiger partial charge in [0, 0.05) is 74.9 Å². The van der Waals surface area contributed by atoms with Crippen molar-refractivity contribution in [2.45, 2.75) is 59.8 Å². The largest absolute Gasteiger partial charge is 0.388 e. The first-order valence-electron chi connectivity index (χ1n) is 14.6. The van der Waals surface area contributed by atoms with Crippen LogP contribution in [0, 0.1) is 0 Å². The summed E-state index contributed by atoms with van der Waals surface area (Å²) >= 11 is 5.95. The second kappa shape index (κ2) is 21.6. The zero-order valence-corrected chi connectivity index (χ0v) is 26.4. The first kappa shape index (κ1) is 35.9. The summed E-state index contributed by atoms with van der Waals surface area (Å²) in [4.78, 5) is 25.0. The van der Waals surface area contributed by atoms with Crippen LogP contribution in [0.5, 0.6) is 0 Å². The summed E-state index contributed by atoms with van der Waals surface area (Å²) in [5, 5.41) is 13.2. The van der Waals surface area contributed by atoms with E-state index >= 15 is 0 Å². The van der Waals surface area contributed by atoms with Gasteiger partial charge in [-0.2, -0.15) is 0 Å². The number of nitrogens with one attached hydrogen (secondary N) is 4. The second-order valence-corrected chi connectivity index (χ2v) is 10.0. The number of allylic oxidation sites excluding steroid dienone is 7. The Morgan fingerprint density at radius 3 is 2.51 bits per heavy atom. The molecule has 8 heteroatoms. The van der Waals surface area contributed by atoms with E-state index in [-0.39, 0.29) is 5.91 Å². The molecule has 0 spiro atoms. The van der Waals surface area contributed by atoms with Crippen LogP contribution < -0.4 is 21.3 Å². The molecule has 41 heavy (non-hydrogen) atoms. The minimum atomic E-state index is 0.0717. The summed E-state index contributed by atoms with van der Waals surface area (Å²) in [6.07, 6.45) is 12.8. The average molecular weight is 584 g/mol. The molecule has 1 aromatic rings. The van der Waals surface area contributed by atoms with Crippen molar-refractivity contribution in [2.75, 3.05) is 39.9 Å². The van der Waals surface area contributed by atoms with E-state index in [0.29, 0.717) is 12.8 Å². The molecule has 1 aromatic carbocycles. The summed E-state index contributed by atoms with van der Waals surface area (Å²) in [6, 6.07) is 7.78. The first-order chi connectivity index (χ1) is 19.8. The molecule has 0 aromatic heterocycles. The smallest absolute Gasteiger partial charge is 0.223 e. The number of benzene rings is 1. The lowest BCUT2D eigenvalue weighted by molar-refractivity contribution is -0.120. The maximum atomic E-state index is 11.6. The average Bonchev–Trinajstić information content (AvgIpc) is 3.47. The van der Waals surface area contributed by atoms with Crippen molar-refractivity contribution >= 4 is 29.4 Å². The Bertz CT molecular complexity index is 1070. The molecule has 7 nitrogen and oxygen atoms in total. The van der Waals surface area contributed by atoms with Crippen molar-refractivity contribution in [2.24, 2.45) is 0 Å². The normalized spacial score (nSPS) is 18.3. The van der Waals surface area contributed by atoms with Crippen LogP contribution in [0.4, 0.5) is 0 Å². The third-order valence-electron chi connectivity index (χ3n) is 6.30. The second-order valence-electron chi connectivity index (χ2n) is 9.59. The van der Waals surface area contributed by atoms with Crippen molar-refractivity contribution in [3.8, 4) is 0 Å². The topological polar surface area (TPSA) is 85.5 Å². The highest BCUT2D eigenvalue weighted by atomic mass is 35.5. The predicted molar refractivity (Wildman–Crippen MR) is 174 cm³/mol. The minimum absolute atomic E-state index is 0.0717. The SMILES string of the molecule is C=C(C)N/C(C)=C\CC(=O)NCCCN1CCNC1.CC.CNC1=C/CC=CC/C(c2ccc(Cl)cc2)=C\1CC=O. The van der Waals surface area contributed by atoms with Gasteiger partial charge >= 0.3 is 0 Å². The number of aldehydes is 1. The molecule has 4 N–H and O–H groups in total. The fraction of sp³-hybridized carbons (Fsp3) is 0.455. The number of carbonyl (C=O) groups is 2. The van der Waals surface area contributed by atoms with Crippen LogP contribution in [0.3, 0.4) is 0 Å². The van der Waals surface area contributed by atoms with Gasteiger partial charge in [-0.1, -0.05) is 68.5 Å². The molecule has 0 saturated carbocycles. The van der Waals surface area contributed by atoms with E-state index in [4.69, 9.17) is 11.6 Å². The summed E-state index contributed by atoms with van der Waals surface area (Å²) < 4.78 is 0. The van der Waals surface area contributed by atoms with E-state index < -0.39 is 0 Å². The van der Waals surface area contributed by atoms with Crippen LogP contribution in [0.25, 0.3) is 5.57 Å². The molecule has 1 saturated heterocycles. The molecule has 226 valence electrons. The molecule has 2 aliphatic rings. The Balaban J connectivity index is 0.000000387. The fourth-order valence-electron chi connectivity index (χ4n) is 4.39. The van der Waals surface area contributed by atoms with E-state index in [9.17, 15) is 9.59 Å². The van der Waals surface area contributed by atoms with Crippen molar-refractivity contribution in [3.05, 3.63) is 88.4 Å². The molecular formula is C33H50ClN5O2. The van der Waals surface area contributed by atoms with Crippen LogP contribution in [-0.4, -0.2) is 57.0 Å². The summed E-state index contributed by atoms with van der Waals surface area (Å²) in [5.41, 5.74) is 6.23. The van der Waals surface area contributed by atoms with E-state index in [2.05, 4.69) is 51.0 Å². The number of carbonyl (C=O) groups excluding carboxylic acids is 2. The lowest BCUT2D eigenvalue weighted by atomic mass is 9.91. The number of rotatable bonds is 12. The van der Waals surface area contributed by atoms with Crippen LogP contribution in [0.15, 0.2) is 77.8 Å². The standard InChI is InChI=1S/C17H18ClNO.C14H26N4O.C2H6/c1-19-17-6-4-2-3-5-15(16(17)11-12-20)13-7-9-14(18)10-8-13;1-12(2)17-13(3)5-6-14(19)16-7-4-9-18-10-8-15-11-18;1-2/h2-3,6-10,12,19H,4-5,11H2,1H3;5,15,17H,1,4,6-11H2,2-3H3,(H,16,19);1-2H3/b3-2?,16-15+,17-6+;13-5-;. The highest BCUT2D eigenvalue weighted by Crippen LogP contribution is 2.30. The highest BCUT2D eigenvalue weighted by molar-refractivity contribution is 6.30. The van der Waals surface area contributed by atoms with Crippen molar-refractivity contribution in [1.82, 2.24) is 26.2 Å². The zero-order chi connectivity index (χ0) is 30.5. The van der Waals surface area contributed by atoms with Gasteiger partial charge in [0.1, 0.15) is 6.29 Å². The lowest BCUT2D eigenvalue weighted by Gasteiger charge is -2.18. The summed E-state index contributed by atoms with van der Waals surface area (Å²) in [7, 11) is 1.89. The fourth-order valence-corrected chi connectivity index (χ4v) is 4.51. The van der Waals surface area contributed by atoms with Crippen LogP contribution in [0.2, 0.25) is 5.02 Å². The highest BCUT2D eigenvalue weighted by Gasteiger charge is 2.13. The van der Waals surface area contributed by atoms with Gasteiger partial charge in [-0.25, -0.2) is 0 Å². The number of likely N-dealkylation sites (N-methyl/N-ethyl adjacent to an activating group) is 1. The van der Waals surface area contributed by atoms with Gasteiger partial charge in [0.15, 0.2) is 0 Å². The van der Waals surface area contributed by atoms with Gasteiger partial charge in [0.05, 0.1) is 0 Å². The maximum Gasteiger partial charge on any atom is 0.223 e. The number of nitrogens with zero attached hydrogens (tertiary/aromatic N) is 1. The van der Waals surface area contributed by atoms with Gasteiger partial charge in [0.2, 0.25) is 5.91 Å². The van der Waals surface area contributed by atoms with Gasteiger partial charge in [-0.05, 0) is 62.0 Å². The van der Waals surface area contributed by atoms with Crippen molar-refractivity contribution in [3.63, 3.8) is 0 Å². The molecular weight excluding hydrogens is 534 g/mol. The first-order valence-corrected chi connectivity index (χ1v) is 15.0. The third kappa shape index (κ3) is 14.9. The molecule has 0 atom stereocenters. The Morgan fingerprint density at radius 2 is 1.90 bits per heavy atom. The van der Waals surface area contributed by atoms with E-state index in [1.165, 1.54) is 5.57 Å². The maximum absolute atomic E-state index is 11.6. The van der Waals surface area contributed by atoms with Crippen LogP contribution in [0.1, 0.15) is 65.4 Å². The summed E-state index contributed by atoms with van der Waals surface area (Å²) in [5.74, 6) is 0.0717. The Hall–Kier alpha value is -3.13. The van der Waals surface area contributed by atoms with Crippen molar-refractivity contribution < 1.29 is 9.59 Å². The number of hydrogen-bond acceptors (Lipinski definition) is 6. The molecule has 1 aliphatic heterocycles. The lowest BCUT2D eigenvalue weighted by Crippen LogP contribution is -2.29. The predicted octanol–water partition coefficient (Wildman–Crippen LogP) is 5.93. The van der Waals surface area contributed by atoms with Crippen molar-refractivity contribution in [1.29, 1.82) is 0 Å². The number of hydrogen-bond donors (Lipinski definition) is 4. The summed E-state index contributed by atoms with van der Waals surface area (Å²) in [6.45, 7) is 16.5. The van der Waals surface area contributed by atoms with Gasteiger partial charge in [0.25, 0.3) is 0 Å². The quantitative estimate of drug-likeness (QED) is 0.139. The molecule has 0 bridgehead atoms. The molecule has 3 rings (SSSR count). The van der Waals surface area contributed by atoms with Crippen LogP contribution >= 0.6 is 11.6 Å². The Labute approximate surface area is 252 Å². The monoisotopic (exact) mass is 583 g/mol.